The third kappa shape index (κ3) is 2.79. The zero-order chi connectivity index (χ0) is 18.4. The third-order valence-electron chi connectivity index (χ3n) is 5.57. The standard InChI is InChI=1S/C22H23N5/c1-22(2)10-8-16-18(12-22)26-19(20(16)25-14-6-4-3-5-7-14)15-9-11-23-21-17(15)13-24-27-21/h3-7,9,11,13,25-26H,8,10,12H2,1-2H3,(H,23,24,27). The van der Waals surface area contributed by atoms with Crippen molar-refractivity contribution in [1.29, 1.82) is 0 Å². The van der Waals surface area contributed by atoms with Gasteiger partial charge in [0.05, 0.1) is 17.6 Å². The summed E-state index contributed by atoms with van der Waals surface area (Å²) in [6, 6.07) is 12.4. The molecule has 136 valence electrons. The number of rotatable bonds is 3. The molecule has 0 unspecified atom stereocenters. The van der Waals surface area contributed by atoms with Crippen LogP contribution >= 0.6 is 0 Å². The van der Waals surface area contributed by atoms with Crippen molar-refractivity contribution in [2.24, 2.45) is 5.41 Å². The van der Waals surface area contributed by atoms with E-state index in [0.717, 1.165) is 40.8 Å². The predicted octanol–water partition coefficient (Wildman–Crippen LogP) is 5.21. The lowest BCUT2D eigenvalue weighted by Crippen LogP contribution is -2.22. The molecule has 0 bridgehead atoms. The van der Waals surface area contributed by atoms with Crippen molar-refractivity contribution >= 4 is 22.4 Å². The van der Waals surface area contributed by atoms with Crippen LogP contribution in [0.5, 0.6) is 0 Å². The van der Waals surface area contributed by atoms with E-state index >= 15 is 0 Å². The molecule has 1 aliphatic rings. The predicted molar refractivity (Wildman–Crippen MR) is 109 cm³/mol. The van der Waals surface area contributed by atoms with Gasteiger partial charge in [0.15, 0.2) is 5.65 Å². The van der Waals surface area contributed by atoms with E-state index < -0.39 is 0 Å². The molecule has 0 saturated heterocycles. The summed E-state index contributed by atoms with van der Waals surface area (Å²) in [6.45, 7) is 4.70. The number of aromatic nitrogens is 4. The number of para-hydroxylation sites is 1. The van der Waals surface area contributed by atoms with Gasteiger partial charge in [-0.05, 0) is 48.4 Å². The molecule has 5 nitrogen and oxygen atoms in total. The Morgan fingerprint density at radius 3 is 2.81 bits per heavy atom. The maximum absolute atomic E-state index is 4.39. The third-order valence-corrected chi connectivity index (χ3v) is 5.57. The van der Waals surface area contributed by atoms with Gasteiger partial charge in [0.1, 0.15) is 0 Å². The van der Waals surface area contributed by atoms with Crippen molar-refractivity contribution in [3.05, 3.63) is 60.0 Å². The summed E-state index contributed by atoms with van der Waals surface area (Å²) < 4.78 is 0. The second-order valence-electron chi connectivity index (χ2n) is 8.15. The highest BCUT2D eigenvalue weighted by atomic mass is 15.1. The molecule has 0 amide bonds. The summed E-state index contributed by atoms with van der Waals surface area (Å²) in [5.41, 5.74) is 8.40. The topological polar surface area (TPSA) is 69.4 Å². The maximum atomic E-state index is 4.39. The lowest BCUT2D eigenvalue weighted by Gasteiger charge is -2.29. The molecular weight excluding hydrogens is 334 g/mol. The lowest BCUT2D eigenvalue weighted by molar-refractivity contribution is 0.313. The van der Waals surface area contributed by atoms with Crippen molar-refractivity contribution in [3.63, 3.8) is 0 Å². The maximum Gasteiger partial charge on any atom is 0.155 e. The number of hydrogen-bond donors (Lipinski definition) is 3. The highest BCUT2D eigenvalue weighted by Gasteiger charge is 2.30. The fraction of sp³-hybridized carbons (Fsp3) is 0.273. The Hall–Kier alpha value is -3.08. The van der Waals surface area contributed by atoms with E-state index in [-0.39, 0.29) is 0 Å². The Labute approximate surface area is 158 Å². The van der Waals surface area contributed by atoms with Gasteiger partial charge in [0.2, 0.25) is 0 Å². The number of anilines is 2. The number of nitrogens with one attached hydrogen (secondary N) is 3. The van der Waals surface area contributed by atoms with Crippen LogP contribution in [0.4, 0.5) is 11.4 Å². The number of fused-ring (bicyclic) bond motifs is 2. The van der Waals surface area contributed by atoms with Crippen LogP contribution < -0.4 is 5.32 Å². The molecule has 3 aromatic heterocycles. The minimum Gasteiger partial charge on any atom is -0.356 e. The molecule has 1 aliphatic carbocycles. The number of pyridine rings is 1. The van der Waals surface area contributed by atoms with E-state index in [0.29, 0.717) is 5.41 Å². The van der Waals surface area contributed by atoms with E-state index in [1.165, 1.54) is 23.4 Å². The van der Waals surface area contributed by atoms with Crippen molar-refractivity contribution in [2.45, 2.75) is 33.1 Å². The summed E-state index contributed by atoms with van der Waals surface area (Å²) in [4.78, 5) is 8.14. The van der Waals surface area contributed by atoms with Gasteiger partial charge in [-0.25, -0.2) is 4.98 Å². The summed E-state index contributed by atoms with van der Waals surface area (Å²) >= 11 is 0. The van der Waals surface area contributed by atoms with Crippen LogP contribution in [-0.4, -0.2) is 20.2 Å². The number of benzene rings is 1. The molecule has 5 heteroatoms. The lowest BCUT2D eigenvalue weighted by atomic mass is 9.76. The van der Waals surface area contributed by atoms with Gasteiger partial charge in [0, 0.05) is 28.5 Å². The van der Waals surface area contributed by atoms with E-state index in [1.807, 2.05) is 18.5 Å². The molecule has 1 aromatic carbocycles. The number of hydrogen-bond acceptors (Lipinski definition) is 3. The first-order chi connectivity index (χ1) is 13.1. The second-order valence-corrected chi connectivity index (χ2v) is 8.15. The summed E-state index contributed by atoms with van der Waals surface area (Å²) in [5.74, 6) is 0. The molecule has 0 spiro atoms. The molecule has 0 radical (unpaired) electrons. The van der Waals surface area contributed by atoms with Crippen molar-refractivity contribution in [2.75, 3.05) is 5.32 Å². The van der Waals surface area contributed by atoms with Crippen molar-refractivity contribution < 1.29 is 0 Å². The van der Waals surface area contributed by atoms with Crippen LogP contribution in [0.25, 0.3) is 22.3 Å². The van der Waals surface area contributed by atoms with Gasteiger partial charge in [-0.15, -0.1) is 0 Å². The van der Waals surface area contributed by atoms with E-state index in [9.17, 15) is 0 Å². The van der Waals surface area contributed by atoms with Crippen LogP contribution in [0.1, 0.15) is 31.5 Å². The summed E-state index contributed by atoms with van der Waals surface area (Å²) in [7, 11) is 0. The Kier molecular flexibility index (Phi) is 3.57. The quantitative estimate of drug-likeness (QED) is 0.471. The number of H-pyrrole nitrogens is 2. The van der Waals surface area contributed by atoms with Crippen LogP contribution in [-0.2, 0) is 12.8 Å². The first kappa shape index (κ1) is 16.1. The highest BCUT2D eigenvalue weighted by Crippen LogP contribution is 2.44. The Balaban J connectivity index is 1.70. The van der Waals surface area contributed by atoms with Gasteiger partial charge in [-0.2, -0.15) is 5.10 Å². The average Bonchev–Trinajstić information content (AvgIpc) is 3.26. The SMILES string of the molecule is CC1(C)CCc2c([nH]c(-c3ccnc4[nH]ncc34)c2Nc2ccccc2)C1. The van der Waals surface area contributed by atoms with E-state index in [4.69, 9.17) is 0 Å². The van der Waals surface area contributed by atoms with Crippen molar-refractivity contribution in [1.82, 2.24) is 20.2 Å². The molecule has 27 heavy (non-hydrogen) atoms. The molecule has 3 N–H and O–H groups in total. The van der Waals surface area contributed by atoms with Gasteiger partial charge in [0.25, 0.3) is 0 Å². The fourth-order valence-electron chi connectivity index (χ4n) is 4.12. The molecular formula is C22H23N5. The van der Waals surface area contributed by atoms with E-state index in [2.05, 4.69) is 69.7 Å². The normalized spacial score (nSPS) is 15.6. The largest absolute Gasteiger partial charge is 0.356 e. The average molecular weight is 357 g/mol. The molecule has 3 heterocycles. The number of aromatic amines is 2. The Bertz CT molecular complexity index is 1100. The van der Waals surface area contributed by atoms with Gasteiger partial charge < -0.3 is 10.3 Å². The monoisotopic (exact) mass is 357 g/mol. The molecule has 0 fully saturated rings. The van der Waals surface area contributed by atoms with Crippen molar-refractivity contribution in [3.8, 4) is 11.3 Å². The minimum atomic E-state index is 0.322. The minimum absolute atomic E-state index is 0.322. The Morgan fingerprint density at radius 2 is 1.96 bits per heavy atom. The summed E-state index contributed by atoms with van der Waals surface area (Å²) in [5, 5.41) is 11.9. The van der Waals surface area contributed by atoms with Crippen LogP contribution in [0.2, 0.25) is 0 Å². The second kappa shape index (κ2) is 5.98. The number of nitrogens with zero attached hydrogens (tertiary/aromatic N) is 2. The zero-order valence-corrected chi connectivity index (χ0v) is 15.6. The smallest absolute Gasteiger partial charge is 0.155 e. The molecule has 5 rings (SSSR count). The fourth-order valence-corrected chi connectivity index (χ4v) is 4.12. The first-order valence-electron chi connectivity index (χ1n) is 9.45. The van der Waals surface area contributed by atoms with Gasteiger partial charge in [-0.3, -0.25) is 5.10 Å². The highest BCUT2D eigenvalue weighted by molar-refractivity contribution is 5.96. The summed E-state index contributed by atoms with van der Waals surface area (Å²) in [6.07, 6.45) is 7.02. The molecule has 0 aliphatic heterocycles. The molecule has 0 atom stereocenters. The van der Waals surface area contributed by atoms with Crippen LogP contribution in [0.3, 0.4) is 0 Å². The molecule has 0 saturated carbocycles. The zero-order valence-electron chi connectivity index (χ0n) is 15.6. The van der Waals surface area contributed by atoms with Gasteiger partial charge in [-0.1, -0.05) is 32.0 Å². The first-order valence-corrected chi connectivity index (χ1v) is 9.45. The van der Waals surface area contributed by atoms with E-state index in [1.54, 1.807) is 0 Å². The van der Waals surface area contributed by atoms with Gasteiger partial charge >= 0.3 is 0 Å². The van der Waals surface area contributed by atoms with Crippen LogP contribution in [0.15, 0.2) is 48.8 Å². The van der Waals surface area contributed by atoms with Crippen LogP contribution in [0, 0.1) is 5.41 Å². The molecule has 4 aromatic rings. The Morgan fingerprint density at radius 1 is 1.11 bits per heavy atom.